The highest BCUT2D eigenvalue weighted by Gasteiger charge is 2.17. The van der Waals surface area contributed by atoms with Crippen LogP contribution in [-0.2, 0) is 6.54 Å². The van der Waals surface area contributed by atoms with Gasteiger partial charge in [0.05, 0.1) is 17.9 Å². The van der Waals surface area contributed by atoms with Crippen molar-refractivity contribution in [2.75, 3.05) is 0 Å². The van der Waals surface area contributed by atoms with Crippen LogP contribution >= 0.6 is 27.5 Å². The molecule has 0 amide bonds. The van der Waals surface area contributed by atoms with Gasteiger partial charge in [-0.05, 0) is 30.2 Å². The summed E-state index contributed by atoms with van der Waals surface area (Å²) < 4.78 is 2.77. The lowest BCUT2D eigenvalue weighted by molar-refractivity contribution is 0.543. The maximum absolute atomic E-state index is 6.26. The van der Waals surface area contributed by atoms with E-state index in [1.165, 1.54) is 0 Å². The highest BCUT2D eigenvalue weighted by molar-refractivity contribution is 9.10. The summed E-state index contributed by atoms with van der Waals surface area (Å²) in [5.41, 5.74) is 7.99. The van der Waals surface area contributed by atoms with Crippen molar-refractivity contribution < 1.29 is 0 Å². The normalized spacial score (nSPS) is 12.7. The van der Waals surface area contributed by atoms with Gasteiger partial charge < -0.3 is 5.73 Å². The van der Waals surface area contributed by atoms with Crippen LogP contribution in [-0.4, -0.2) is 15.0 Å². The molecule has 96 valence electrons. The van der Waals surface area contributed by atoms with Crippen molar-refractivity contribution in [2.24, 2.45) is 5.73 Å². The number of aromatic nitrogens is 3. The maximum atomic E-state index is 6.26. The average molecular weight is 330 g/mol. The highest BCUT2D eigenvalue weighted by atomic mass is 79.9. The molecule has 1 aromatic heterocycles. The molecule has 0 saturated carbocycles. The molecule has 4 nitrogen and oxygen atoms in total. The van der Waals surface area contributed by atoms with E-state index in [1.807, 2.05) is 22.9 Å². The third kappa shape index (κ3) is 2.74. The predicted octanol–water partition coefficient (Wildman–Crippen LogP) is 3.15. The second-order valence-electron chi connectivity index (χ2n) is 4.03. The van der Waals surface area contributed by atoms with Crippen molar-refractivity contribution in [3.05, 3.63) is 45.1 Å². The molecular weight excluding hydrogens is 316 g/mol. The Bertz CT molecular complexity index is 541. The zero-order valence-corrected chi connectivity index (χ0v) is 12.3. The third-order valence-electron chi connectivity index (χ3n) is 2.69. The molecule has 2 aromatic rings. The number of nitrogens with zero attached hydrogens (tertiary/aromatic N) is 3. The summed E-state index contributed by atoms with van der Waals surface area (Å²) in [6.45, 7) is 2.89. The van der Waals surface area contributed by atoms with Gasteiger partial charge in [0.1, 0.15) is 0 Å². The van der Waals surface area contributed by atoms with E-state index in [2.05, 4.69) is 33.2 Å². The van der Waals surface area contributed by atoms with Crippen molar-refractivity contribution >= 4 is 27.5 Å². The van der Waals surface area contributed by atoms with Gasteiger partial charge in [0.2, 0.25) is 0 Å². The Morgan fingerprint density at radius 3 is 3.00 bits per heavy atom. The van der Waals surface area contributed by atoms with Crippen molar-refractivity contribution in [3.8, 4) is 0 Å². The predicted molar refractivity (Wildman–Crippen MR) is 75.5 cm³/mol. The van der Waals surface area contributed by atoms with Crippen LogP contribution in [0.3, 0.4) is 0 Å². The smallest absolute Gasteiger partial charge is 0.0800 e. The topological polar surface area (TPSA) is 56.7 Å². The number of aryl methyl sites for hydroxylation is 1. The summed E-state index contributed by atoms with van der Waals surface area (Å²) in [4.78, 5) is 0. The molecule has 1 aromatic carbocycles. The van der Waals surface area contributed by atoms with Gasteiger partial charge >= 0.3 is 0 Å². The molecule has 0 bridgehead atoms. The Balaban J connectivity index is 2.38. The largest absolute Gasteiger partial charge is 0.319 e. The molecule has 0 radical (unpaired) electrons. The number of hydrogen-bond acceptors (Lipinski definition) is 3. The zero-order valence-electron chi connectivity index (χ0n) is 9.98. The molecule has 0 fully saturated rings. The molecule has 0 spiro atoms. The molecule has 0 aliphatic carbocycles. The van der Waals surface area contributed by atoms with Crippen molar-refractivity contribution in [3.63, 3.8) is 0 Å². The minimum absolute atomic E-state index is 0.323. The summed E-state index contributed by atoms with van der Waals surface area (Å²) in [7, 11) is 0. The van der Waals surface area contributed by atoms with Gasteiger partial charge in [0, 0.05) is 16.0 Å². The van der Waals surface area contributed by atoms with Crippen LogP contribution in [0.5, 0.6) is 0 Å². The molecule has 0 aliphatic rings. The van der Waals surface area contributed by atoms with Crippen LogP contribution in [0.15, 0.2) is 28.9 Å². The van der Waals surface area contributed by atoms with E-state index in [0.29, 0.717) is 5.02 Å². The van der Waals surface area contributed by atoms with Gasteiger partial charge in [-0.15, -0.1) is 5.10 Å². The van der Waals surface area contributed by atoms with Gasteiger partial charge in [-0.1, -0.05) is 39.7 Å². The lowest BCUT2D eigenvalue weighted by Gasteiger charge is -2.15. The van der Waals surface area contributed by atoms with Crippen LogP contribution < -0.4 is 5.73 Å². The molecular formula is C12H14BrClN4. The first kappa shape index (κ1) is 13.5. The summed E-state index contributed by atoms with van der Waals surface area (Å²) >= 11 is 9.61. The van der Waals surface area contributed by atoms with Crippen LogP contribution in [0.1, 0.15) is 30.6 Å². The summed E-state index contributed by atoms with van der Waals surface area (Å²) in [6.07, 6.45) is 2.67. The van der Waals surface area contributed by atoms with E-state index in [0.717, 1.165) is 28.7 Å². The maximum Gasteiger partial charge on any atom is 0.0800 e. The lowest BCUT2D eigenvalue weighted by atomic mass is 10.1. The molecule has 1 unspecified atom stereocenters. The van der Waals surface area contributed by atoms with Crippen LogP contribution in [0.25, 0.3) is 0 Å². The van der Waals surface area contributed by atoms with Gasteiger partial charge in [0.15, 0.2) is 0 Å². The van der Waals surface area contributed by atoms with E-state index < -0.39 is 0 Å². The molecule has 1 heterocycles. The number of hydrogen-bond donors (Lipinski definition) is 1. The fourth-order valence-corrected chi connectivity index (χ4v) is 2.42. The Morgan fingerprint density at radius 2 is 2.28 bits per heavy atom. The number of rotatable bonds is 4. The monoisotopic (exact) mass is 328 g/mol. The highest BCUT2D eigenvalue weighted by Crippen LogP contribution is 2.28. The van der Waals surface area contributed by atoms with Gasteiger partial charge in [-0.2, -0.15) is 0 Å². The summed E-state index contributed by atoms with van der Waals surface area (Å²) in [5.74, 6) is 0. The minimum Gasteiger partial charge on any atom is -0.319 e. The summed E-state index contributed by atoms with van der Waals surface area (Å²) in [5, 5.41) is 8.60. The first-order chi connectivity index (χ1) is 8.63. The van der Waals surface area contributed by atoms with Gasteiger partial charge in [-0.25, -0.2) is 4.68 Å². The Labute approximate surface area is 119 Å². The second-order valence-corrected chi connectivity index (χ2v) is 5.35. The van der Waals surface area contributed by atoms with E-state index in [9.17, 15) is 0 Å². The number of nitrogens with two attached hydrogens (primary N) is 1. The fourth-order valence-electron chi connectivity index (χ4n) is 1.80. The SMILES string of the molecule is CCCn1nncc1C(N)c1cc(Br)ccc1Cl. The van der Waals surface area contributed by atoms with E-state index in [4.69, 9.17) is 17.3 Å². The van der Waals surface area contributed by atoms with Crippen LogP contribution in [0.2, 0.25) is 5.02 Å². The van der Waals surface area contributed by atoms with E-state index in [1.54, 1.807) is 6.20 Å². The second kappa shape index (κ2) is 5.82. The van der Waals surface area contributed by atoms with E-state index >= 15 is 0 Å². The quantitative estimate of drug-likeness (QED) is 0.937. The molecule has 18 heavy (non-hydrogen) atoms. The molecule has 2 N–H and O–H groups in total. The Kier molecular flexibility index (Phi) is 4.37. The number of benzene rings is 1. The average Bonchev–Trinajstić information content (AvgIpc) is 2.80. The van der Waals surface area contributed by atoms with Crippen molar-refractivity contribution in [1.82, 2.24) is 15.0 Å². The minimum atomic E-state index is -0.323. The molecule has 6 heteroatoms. The fraction of sp³-hybridized carbons (Fsp3) is 0.333. The van der Waals surface area contributed by atoms with Crippen molar-refractivity contribution in [1.29, 1.82) is 0 Å². The molecule has 0 aliphatic heterocycles. The Hall–Kier alpha value is -0.910. The van der Waals surface area contributed by atoms with Gasteiger partial charge in [0.25, 0.3) is 0 Å². The Morgan fingerprint density at radius 1 is 1.50 bits per heavy atom. The summed E-state index contributed by atoms with van der Waals surface area (Å²) in [6, 6.07) is 5.32. The standard InChI is InChI=1S/C12H14BrClN4/c1-2-5-18-11(7-16-17-18)12(15)9-6-8(13)3-4-10(9)14/h3-4,6-7,12H,2,5,15H2,1H3. The van der Waals surface area contributed by atoms with E-state index in [-0.39, 0.29) is 6.04 Å². The first-order valence-corrected chi connectivity index (χ1v) is 6.89. The lowest BCUT2D eigenvalue weighted by Crippen LogP contribution is -2.18. The molecule has 2 rings (SSSR count). The van der Waals surface area contributed by atoms with Crippen LogP contribution in [0, 0.1) is 0 Å². The van der Waals surface area contributed by atoms with Crippen LogP contribution in [0.4, 0.5) is 0 Å². The number of halogens is 2. The molecule has 1 atom stereocenters. The first-order valence-electron chi connectivity index (χ1n) is 5.72. The third-order valence-corrected chi connectivity index (χ3v) is 3.53. The van der Waals surface area contributed by atoms with Crippen molar-refractivity contribution in [2.45, 2.75) is 25.9 Å². The zero-order chi connectivity index (χ0) is 13.1. The molecule has 0 saturated heterocycles. The van der Waals surface area contributed by atoms with Gasteiger partial charge in [-0.3, -0.25) is 0 Å².